The van der Waals surface area contributed by atoms with E-state index >= 15 is 0 Å². The summed E-state index contributed by atoms with van der Waals surface area (Å²) in [5, 5.41) is 9.94. The molecule has 0 aliphatic heterocycles. The Kier molecular flexibility index (Phi) is 4.16. The highest BCUT2D eigenvalue weighted by Gasteiger charge is 2.59. The number of carboxylic acid groups (broad SMARTS) is 1. The first-order valence-corrected chi connectivity index (χ1v) is 11.7. The molecule has 29 heavy (non-hydrogen) atoms. The van der Waals surface area contributed by atoms with Crippen molar-refractivity contribution in [1.29, 1.82) is 0 Å². The van der Waals surface area contributed by atoms with Gasteiger partial charge in [0.25, 0.3) is 0 Å². The molecule has 0 aromatic carbocycles. The molecule has 5 aliphatic rings. The molecule has 5 rings (SSSR count). The normalized spacial score (nSPS) is 46.0. The van der Waals surface area contributed by atoms with Crippen LogP contribution in [0.4, 0.5) is 0 Å². The molecular weight excluding hydrogens is 356 g/mol. The van der Waals surface area contributed by atoms with Crippen molar-refractivity contribution >= 4 is 5.97 Å². The molecule has 0 aromatic rings. The lowest BCUT2D eigenvalue weighted by Gasteiger charge is -2.62. The minimum Gasteiger partial charge on any atom is -0.481 e. The van der Waals surface area contributed by atoms with Crippen molar-refractivity contribution in [2.75, 3.05) is 0 Å². The number of carbonyl (C=O) groups is 1. The van der Waals surface area contributed by atoms with Gasteiger partial charge >= 0.3 is 5.97 Å². The highest BCUT2D eigenvalue weighted by Crippen LogP contribution is 2.68. The summed E-state index contributed by atoms with van der Waals surface area (Å²) in [7, 11) is 0. The molecule has 1 N–H and O–H groups in total. The van der Waals surface area contributed by atoms with Crippen molar-refractivity contribution < 1.29 is 9.90 Å². The summed E-state index contributed by atoms with van der Waals surface area (Å²) in [5.41, 5.74) is 6.14. The number of carboxylic acids is 1. The predicted molar refractivity (Wildman–Crippen MR) is 117 cm³/mol. The van der Waals surface area contributed by atoms with Gasteiger partial charge in [0.15, 0.2) is 0 Å². The van der Waals surface area contributed by atoms with E-state index in [4.69, 9.17) is 0 Å². The second kappa shape index (κ2) is 6.22. The summed E-state index contributed by atoms with van der Waals surface area (Å²) in [6.07, 6.45) is 18.5. The molecule has 0 spiro atoms. The fourth-order valence-electron chi connectivity index (χ4n) is 7.84. The van der Waals surface area contributed by atoms with Crippen molar-refractivity contribution in [1.82, 2.24) is 0 Å². The maximum absolute atomic E-state index is 12.1. The van der Waals surface area contributed by atoms with E-state index in [0.29, 0.717) is 23.2 Å². The van der Waals surface area contributed by atoms with Gasteiger partial charge in [0.1, 0.15) is 0 Å². The fourth-order valence-corrected chi connectivity index (χ4v) is 7.84. The Morgan fingerprint density at radius 2 is 1.76 bits per heavy atom. The topological polar surface area (TPSA) is 37.3 Å². The second-order valence-corrected chi connectivity index (χ2v) is 11.5. The third-order valence-electron chi connectivity index (χ3n) is 9.95. The summed E-state index contributed by atoms with van der Waals surface area (Å²) in [6, 6.07) is 0. The Hall–Kier alpha value is -1.57. The Bertz CT molecular complexity index is 886. The van der Waals surface area contributed by atoms with Gasteiger partial charge in [-0.3, -0.25) is 4.79 Å². The molecule has 6 atom stereocenters. The van der Waals surface area contributed by atoms with Crippen molar-refractivity contribution in [2.24, 2.45) is 34.0 Å². The Morgan fingerprint density at radius 1 is 1.00 bits per heavy atom. The number of hydrogen-bond acceptors (Lipinski definition) is 1. The second-order valence-electron chi connectivity index (χ2n) is 11.5. The smallest absolute Gasteiger partial charge is 0.309 e. The molecule has 0 aromatic heterocycles. The third kappa shape index (κ3) is 2.63. The first kappa shape index (κ1) is 19.4. The van der Waals surface area contributed by atoms with Gasteiger partial charge in [-0.15, -0.1) is 0 Å². The van der Waals surface area contributed by atoms with Crippen molar-refractivity contribution in [2.45, 2.75) is 79.1 Å². The molecule has 0 saturated heterocycles. The minimum absolute atomic E-state index is 0.224. The van der Waals surface area contributed by atoms with Crippen LogP contribution in [0.25, 0.3) is 0 Å². The molecule has 2 nitrogen and oxygen atoms in total. The highest BCUT2D eigenvalue weighted by molar-refractivity contribution is 5.74. The van der Waals surface area contributed by atoms with Gasteiger partial charge in [-0.1, -0.05) is 43.7 Å². The molecule has 0 unspecified atom stereocenters. The zero-order valence-electron chi connectivity index (χ0n) is 18.6. The minimum atomic E-state index is -0.584. The molecular formula is C27H36O2. The number of hydrogen-bond donors (Lipinski definition) is 1. The third-order valence-corrected chi connectivity index (χ3v) is 9.95. The van der Waals surface area contributed by atoms with Gasteiger partial charge in [-0.2, -0.15) is 0 Å². The molecule has 0 amide bonds. The van der Waals surface area contributed by atoms with Crippen LogP contribution >= 0.6 is 0 Å². The van der Waals surface area contributed by atoms with Crippen LogP contribution in [0.15, 0.2) is 46.6 Å². The van der Waals surface area contributed by atoms with Crippen LogP contribution in [0.2, 0.25) is 0 Å². The van der Waals surface area contributed by atoms with Crippen molar-refractivity contribution in [3.8, 4) is 0 Å². The van der Waals surface area contributed by atoms with Gasteiger partial charge in [-0.05, 0) is 105 Å². The van der Waals surface area contributed by atoms with E-state index in [9.17, 15) is 9.90 Å². The summed E-state index contributed by atoms with van der Waals surface area (Å²) < 4.78 is 0. The van der Waals surface area contributed by atoms with E-state index in [1.54, 1.807) is 11.1 Å². The average molecular weight is 393 g/mol. The van der Waals surface area contributed by atoms with E-state index in [-0.39, 0.29) is 5.41 Å². The van der Waals surface area contributed by atoms with Crippen LogP contribution in [0.1, 0.15) is 79.1 Å². The molecule has 3 saturated carbocycles. The first-order chi connectivity index (χ1) is 13.7. The lowest BCUT2D eigenvalue weighted by Crippen LogP contribution is -2.55. The first-order valence-electron chi connectivity index (χ1n) is 11.7. The average Bonchev–Trinajstić information content (AvgIpc) is 2.69. The van der Waals surface area contributed by atoms with Gasteiger partial charge in [0.2, 0.25) is 0 Å². The summed E-state index contributed by atoms with van der Waals surface area (Å²) >= 11 is 0. The monoisotopic (exact) mass is 392 g/mol. The van der Waals surface area contributed by atoms with Gasteiger partial charge in [0.05, 0.1) is 5.41 Å². The standard InChI is InChI=1S/C27H36O2/c1-17-6-5-7-19-18(17)8-10-21-20(19)9-11-22-23-16-26(3,24(28)29)13-12-25(23,2)14-15-27(21,22)4/h6-8,10,20,22-23H,5,9,11-16H2,1-4H3,(H,28,29)/t20-,22-,23+,25-,26-,27+/m1/s1. The van der Waals surface area contributed by atoms with E-state index in [2.05, 4.69) is 45.1 Å². The maximum Gasteiger partial charge on any atom is 0.309 e. The molecule has 0 radical (unpaired) electrons. The predicted octanol–water partition coefficient (Wildman–Crippen LogP) is 6.85. The van der Waals surface area contributed by atoms with Crippen molar-refractivity contribution in [3.05, 3.63) is 46.6 Å². The molecule has 5 aliphatic carbocycles. The fraction of sp³-hybridized carbons (Fsp3) is 0.667. The largest absolute Gasteiger partial charge is 0.481 e. The van der Waals surface area contributed by atoms with Crippen LogP contribution in [-0.4, -0.2) is 11.1 Å². The lowest BCUT2D eigenvalue weighted by atomic mass is 9.42. The van der Waals surface area contributed by atoms with Gasteiger partial charge in [0, 0.05) is 5.92 Å². The Morgan fingerprint density at radius 3 is 2.52 bits per heavy atom. The maximum atomic E-state index is 12.1. The van der Waals surface area contributed by atoms with Crippen LogP contribution in [0, 0.1) is 34.0 Å². The number of aliphatic carboxylic acids is 1. The summed E-state index contributed by atoms with van der Waals surface area (Å²) in [5.74, 6) is 1.15. The Labute approximate surface area is 175 Å². The quantitative estimate of drug-likeness (QED) is 0.529. The Balaban J connectivity index is 1.54. The summed E-state index contributed by atoms with van der Waals surface area (Å²) in [4.78, 5) is 12.1. The summed E-state index contributed by atoms with van der Waals surface area (Å²) in [6.45, 7) is 9.25. The van der Waals surface area contributed by atoms with Crippen LogP contribution in [0.5, 0.6) is 0 Å². The molecule has 156 valence electrons. The number of allylic oxidation sites excluding steroid dienone is 8. The highest BCUT2D eigenvalue weighted by atomic mass is 16.4. The van der Waals surface area contributed by atoms with E-state index in [1.807, 2.05) is 6.92 Å². The van der Waals surface area contributed by atoms with E-state index in [0.717, 1.165) is 25.7 Å². The van der Waals surface area contributed by atoms with Crippen LogP contribution in [-0.2, 0) is 4.79 Å². The number of rotatable bonds is 1. The van der Waals surface area contributed by atoms with Crippen LogP contribution < -0.4 is 0 Å². The van der Waals surface area contributed by atoms with Crippen LogP contribution in [0.3, 0.4) is 0 Å². The SMILES string of the molecule is CC1=CCC=C2C1=CC=C1[C@@H]2CC[C@@H]2[C@@H]3C[C@](C)(C(=O)O)CC[C@]3(C)CC[C@@]12C. The zero-order chi connectivity index (χ0) is 20.6. The van der Waals surface area contributed by atoms with Gasteiger partial charge in [-0.25, -0.2) is 0 Å². The molecule has 2 heteroatoms. The van der Waals surface area contributed by atoms with E-state index in [1.165, 1.54) is 36.8 Å². The number of fused-ring (bicyclic) bond motifs is 7. The molecule has 3 fully saturated rings. The van der Waals surface area contributed by atoms with Crippen molar-refractivity contribution in [3.63, 3.8) is 0 Å². The molecule has 0 bridgehead atoms. The molecule has 0 heterocycles. The van der Waals surface area contributed by atoms with E-state index < -0.39 is 11.4 Å². The van der Waals surface area contributed by atoms with Gasteiger partial charge < -0.3 is 5.11 Å². The lowest BCUT2D eigenvalue weighted by molar-refractivity contribution is -0.160. The zero-order valence-corrected chi connectivity index (χ0v) is 18.6.